The number of aromatic nitrogens is 2. The predicted octanol–water partition coefficient (Wildman–Crippen LogP) is 4.01. The summed E-state index contributed by atoms with van der Waals surface area (Å²) in [7, 11) is 0. The first-order chi connectivity index (χ1) is 11.6. The van der Waals surface area contributed by atoms with E-state index in [1.54, 1.807) is 12.4 Å². The number of aryl methyl sites for hydroxylation is 1. The number of hydrogen-bond acceptors (Lipinski definition) is 4. The van der Waals surface area contributed by atoms with E-state index in [1.807, 2.05) is 43.5 Å². The van der Waals surface area contributed by atoms with Gasteiger partial charge < -0.3 is 10.1 Å². The van der Waals surface area contributed by atoms with Crippen molar-refractivity contribution < 1.29 is 11.0 Å². The van der Waals surface area contributed by atoms with E-state index >= 15 is 0 Å². The fourth-order valence-corrected chi connectivity index (χ4v) is 2.24. The lowest BCUT2D eigenvalue weighted by molar-refractivity contribution is -0.119. The van der Waals surface area contributed by atoms with E-state index < -0.39 is 0 Å². The number of nitrogens with zero attached hydrogens (tertiary/aromatic N) is 2. The van der Waals surface area contributed by atoms with Crippen molar-refractivity contribution in [2.45, 2.75) is 39.7 Å². The van der Waals surface area contributed by atoms with Crippen LogP contribution in [0, 0.1) is 0 Å². The Morgan fingerprint density at radius 2 is 2.21 bits per heavy atom. The van der Waals surface area contributed by atoms with Gasteiger partial charge in [-0.1, -0.05) is 25.5 Å². The van der Waals surface area contributed by atoms with Gasteiger partial charge in [0.25, 0.3) is 0 Å². The summed E-state index contributed by atoms with van der Waals surface area (Å²) in [6, 6.07) is 5.70. The van der Waals surface area contributed by atoms with E-state index in [-0.39, 0.29) is 13.4 Å². The molecule has 0 saturated carbocycles. The second kappa shape index (κ2) is 8.82. The molecule has 0 spiro atoms. The standard InChI is InChI=1S/C19H23N3O2.H2/c1-4-5-17-10-18(13-20-11-17)24-19-9-8-16(12-21-19)7-6-14(2)22-15(3)23;/h6-14H,4-5H2,1-3H3,(H,22,23);1H/b7-6+;/t14-;/m0./s1. The summed E-state index contributed by atoms with van der Waals surface area (Å²) in [5, 5.41) is 2.79. The van der Waals surface area contributed by atoms with Crippen LogP contribution in [0.2, 0.25) is 0 Å². The van der Waals surface area contributed by atoms with E-state index in [2.05, 4.69) is 22.2 Å². The lowest BCUT2D eigenvalue weighted by atomic mass is 10.2. The minimum Gasteiger partial charge on any atom is -0.437 e. The zero-order valence-corrected chi connectivity index (χ0v) is 14.3. The molecule has 0 bridgehead atoms. The molecular weight excluding hydrogens is 302 g/mol. The number of amides is 1. The van der Waals surface area contributed by atoms with Crippen molar-refractivity contribution in [2.24, 2.45) is 0 Å². The van der Waals surface area contributed by atoms with Crippen molar-refractivity contribution in [3.8, 4) is 11.6 Å². The van der Waals surface area contributed by atoms with E-state index in [0.717, 1.165) is 24.0 Å². The highest BCUT2D eigenvalue weighted by Crippen LogP contribution is 2.20. The molecule has 0 aliphatic carbocycles. The van der Waals surface area contributed by atoms with Crippen LogP contribution in [-0.4, -0.2) is 21.9 Å². The van der Waals surface area contributed by atoms with Crippen molar-refractivity contribution in [3.63, 3.8) is 0 Å². The van der Waals surface area contributed by atoms with Crippen molar-refractivity contribution in [3.05, 3.63) is 54.0 Å². The molecule has 1 N–H and O–H groups in total. The summed E-state index contributed by atoms with van der Waals surface area (Å²) in [6.45, 7) is 5.55. The summed E-state index contributed by atoms with van der Waals surface area (Å²) < 4.78 is 5.74. The molecule has 0 fully saturated rings. The van der Waals surface area contributed by atoms with Crippen LogP contribution >= 0.6 is 0 Å². The maximum absolute atomic E-state index is 11.0. The highest BCUT2D eigenvalue weighted by Gasteiger charge is 2.02. The van der Waals surface area contributed by atoms with Gasteiger partial charge in [-0.15, -0.1) is 0 Å². The SMILES string of the molecule is CCCc1cncc(Oc2ccc(/C=C/[C@H](C)NC(C)=O)cn2)c1.[HH]. The van der Waals surface area contributed by atoms with Gasteiger partial charge in [0.2, 0.25) is 11.8 Å². The normalized spacial score (nSPS) is 12.1. The fourth-order valence-electron chi connectivity index (χ4n) is 2.24. The van der Waals surface area contributed by atoms with Gasteiger partial charge in [0.15, 0.2) is 0 Å². The smallest absolute Gasteiger partial charge is 0.219 e. The number of rotatable bonds is 7. The molecule has 2 aromatic rings. The minimum absolute atomic E-state index is 0. The molecular formula is C19H25N3O2. The molecule has 2 heterocycles. The van der Waals surface area contributed by atoms with Gasteiger partial charge in [-0.3, -0.25) is 9.78 Å². The number of hydrogen-bond donors (Lipinski definition) is 1. The van der Waals surface area contributed by atoms with E-state index in [1.165, 1.54) is 6.92 Å². The molecule has 1 amide bonds. The van der Waals surface area contributed by atoms with Crippen molar-refractivity contribution in [1.82, 2.24) is 15.3 Å². The van der Waals surface area contributed by atoms with Crippen molar-refractivity contribution in [1.29, 1.82) is 0 Å². The number of carbonyl (C=O) groups is 1. The van der Waals surface area contributed by atoms with Crippen LogP contribution in [0.25, 0.3) is 6.08 Å². The monoisotopic (exact) mass is 327 g/mol. The fraction of sp³-hybridized carbons (Fsp3) is 0.316. The van der Waals surface area contributed by atoms with Gasteiger partial charge in [-0.05, 0) is 36.6 Å². The lowest BCUT2D eigenvalue weighted by Gasteiger charge is -2.07. The Morgan fingerprint density at radius 1 is 1.38 bits per heavy atom. The molecule has 5 nitrogen and oxygen atoms in total. The van der Waals surface area contributed by atoms with Crippen LogP contribution in [0.1, 0.15) is 39.7 Å². The van der Waals surface area contributed by atoms with Gasteiger partial charge in [-0.2, -0.15) is 0 Å². The van der Waals surface area contributed by atoms with Gasteiger partial charge in [-0.25, -0.2) is 4.98 Å². The van der Waals surface area contributed by atoms with Gasteiger partial charge >= 0.3 is 0 Å². The van der Waals surface area contributed by atoms with Gasteiger partial charge in [0, 0.05) is 32.9 Å². The molecule has 5 heteroatoms. The van der Waals surface area contributed by atoms with Crippen LogP contribution in [0.3, 0.4) is 0 Å². The summed E-state index contributed by atoms with van der Waals surface area (Å²) in [6.07, 6.45) is 11.2. The Kier molecular flexibility index (Phi) is 6.49. The van der Waals surface area contributed by atoms with Crippen LogP contribution in [0.5, 0.6) is 11.6 Å². The Hall–Kier alpha value is -2.69. The zero-order valence-electron chi connectivity index (χ0n) is 14.3. The molecule has 0 unspecified atom stereocenters. The third-order valence-electron chi connectivity index (χ3n) is 3.30. The molecule has 0 aliphatic heterocycles. The summed E-state index contributed by atoms with van der Waals surface area (Å²) in [5.41, 5.74) is 2.10. The Labute approximate surface area is 144 Å². The minimum atomic E-state index is -0.0482. The van der Waals surface area contributed by atoms with Crippen LogP contribution < -0.4 is 10.1 Å². The quantitative estimate of drug-likeness (QED) is 0.834. The van der Waals surface area contributed by atoms with Crippen molar-refractivity contribution >= 4 is 12.0 Å². The molecule has 0 aromatic carbocycles. The molecule has 0 saturated heterocycles. The first kappa shape index (κ1) is 17.7. The number of ether oxygens (including phenoxy) is 1. The van der Waals surface area contributed by atoms with E-state index in [9.17, 15) is 4.79 Å². The van der Waals surface area contributed by atoms with Crippen LogP contribution in [0.15, 0.2) is 42.9 Å². The molecule has 0 radical (unpaired) electrons. The van der Waals surface area contributed by atoms with Gasteiger partial charge in [0.1, 0.15) is 5.75 Å². The maximum atomic E-state index is 11.0. The van der Waals surface area contributed by atoms with E-state index in [0.29, 0.717) is 11.6 Å². The molecule has 2 aromatic heterocycles. The Bertz CT molecular complexity index is 702. The molecule has 1 atom stereocenters. The molecule has 128 valence electrons. The first-order valence-corrected chi connectivity index (χ1v) is 8.10. The second-order valence-electron chi connectivity index (χ2n) is 5.66. The highest BCUT2D eigenvalue weighted by molar-refractivity contribution is 5.73. The van der Waals surface area contributed by atoms with Gasteiger partial charge in [0.05, 0.1) is 6.20 Å². The highest BCUT2D eigenvalue weighted by atomic mass is 16.5. The van der Waals surface area contributed by atoms with E-state index in [4.69, 9.17) is 4.74 Å². The number of nitrogens with one attached hydrogen (secondary N) is 1. The number of pyridine rings is 2. The second-order valence-corrected chi connectivity index (χ2v) is 5.66. The third kappa shape index (κ3) is 5.83. The summed E-state index contributed by atoms with van der Waals surface area (Å²) in [4.78, 5) is 19.5. The average molecular weight is 327 g/mol. The predicted molar refractivity (Wildman–Crippen MR) is 97.0 cm³/mol. The topological polar surface area (TPSA) is 64.1 Å². The first-order valence-electron chi connectivity index (χ1n) is 8.10. The summed E-state index contributed by atoms with van der Waals surface area (Å²) >= 11 is 0. The Balaban J connectivity index is 0.00000312. The average Bonchev–Trinajstić information content (AvgIpc) is 2.54. The molecule has 0 aliphatic rings. The summed E-state index contributed by atoms with van der Waals surface area (Å²) in [5.74, 6) is 1.17. The molecule has 2 rings (SSSR count). The maximum Gasteiger partial charge on any atom is 0.219 e. The lowest BCUT2D eigenvalue weighted by Crippen LogP contribution is -2.28. The zero-order chi connectivity index (χ0) is 17.4. The Morgan fingerprint density at radius 3 is 2.88 bits per heavy atom. The van der Waals surface area contributed by atoms with Crippen LogP contribution in [0.4, 0.5) is 0 Å². The number of carbonyl (C=O) groups excluding carboxylic acids is 1. The largest absolute Gasteiger partial charge is 0.437 e. The van der Waals surface area contributed by atoms with Crippen LogP contribution in [-0.2, 0) is 11.2 Å². The third-order valence-corrected chi connectivity index (χ3v) is 3.30. The van der Waals surface area contributed by atoms with Crippen molar-refractivity contribution in [2.75, 3.05) is 0 Å². The molecule has 24 heavy (non-hydrogen) atoms.